The van der Waals surface area contributed by atoms with Gasteiger partial charge in [-0.2, -0.15) is 12.6 Å². The van der Waals surface area contributed by atoms with E-state index in [2.05, 4.69) is 17.9 Å². The number of thiol groups is 1. The van der Waals surface area contributed by atoms with Crippen molar-refractivity contribution in [2.24, 2.45) is 0 Å². The molecule has 0 aromatic rings. The van der Waals surface area contributed by atoms with Crippen molar-refractivity contribution in [1.29, 1.82) is 5.41 Å². The molecular weight excluding hydrogens is 160 g/mol. The second-order valence-electron chi connectivity index (χ2n) is 2.49. The summed E-state index contributed by atoms with van der Waals surface area (Å²) in [5.41, 5.74) is 0. The van der Waals surface area contributed by atoms with E-state index in [-0.39, 0.29) is 11.3 Å². The Morgan fingerprint density at radius 3 is 2.64 bits per heavy atom. The first-order chi connectivity index (χ1) is 5.13. The zero-order valence-electron chi connectivity index (χ0n) is 6.91. The molecule has 0 aliphatic heterocycles. The van der Waals surface area contributed by atoms with Gasteiger partial charge < -0.3 is 15.8 Å². The zero-order valence-corrected chi connectivity index (χ0v) is 7.81. The lowest BCUT2D eigenvalue weighted by Crippen LogP contribution is -2.42. The van der Waals surface area contributed by atoms with Gasteiger partial charge in [0.2, 0.25) is 0 Å². The summed E-state index contributed by atoms with van der Waals surface area (Å²) in [5.74, 6) is 0. The third-order valence-electron chi connectivity index (χ3n) is 1.56. The van der Waals surface area contributed by atoms with Crippen LogP contribution in [-0.4, -0.2) is 35.3 Å². The summed E-state index contributed by atoms with van der Waals surface area (Å²) in [6, 6.07) is -0.0101. The Bertz CT molecular complexity index is 121. The molecule has 0 saturated heterocycles. The number of hydrogen-bond acceptors (Lipinski definition) is 4. The van der Waals surface area contributed by atoms with Gasteiger partial charge in [0, 0.05) is 12.3 Å². The number of aliphatic hydroxyl groups is 1. The normalized spacial score (nSPS) is 18.9. The highest BCUT2D eigenvalue weighted by Crippen LogP contribution is 2.03. The van der Waals surface area contributed by atoms with Crippen LogP contribution in [0.2, 0.25) is 0 Å². The molecule has 11 heavy (non-hydrogen) atoms. The molecule has 0 aromatic heterocycles. The Kier molecular flexibility index (Phi) is 5.54. The second-order valence-corrected chi connectivity index (χ2v) is 3.09. The average molecular weight is 176 g/mol. The van der Waals surface area contributed by atoms with Crippen molar-refractivity contribution in [1.82, 2.24) is 5.32 Å². The van der Waals surface area contributed by atoms with Crippen molar-refractivity contribution in [2.45, 2.75) is 31.2 Å². The van der Waals surface area contributed by atoms with Crippen LogP contribution in [0.3, 0.4) is 0 Å². The van der Waals surface area contributed by atoms with Gasteiger partial charge in [0.05, 0.1) is 11.4 Å². The molecule has 3 nitrogen and oxygen atoms in total. The molecule has 0 bridgehead atoms. The summed E-state index contributed by atoms with van der Waals surface area (Å²) < 4.78 is 0. The summed E-state index contributed by atoms with van der Waals surface area (Å²) in [7, 11) is 0. The van der Waals surface area contributed by atoms with Gasteiger partial charge in [-0.3, -0.25) is 0 Å². The lowest BCUT2D eigenvalue weighted by Gasteiger charge is -2.21. The van der Waals surface area contributed by atoms with Crippen LogP contribution in [0.4, 0.5) is 0 Å². The van der Waals surface area contributed by atoms with E-state index in [1.54, 1.807) is 0 Å². The van der Waals surface area contributed by atoms with Gasteiger partial charge in [0.15, 0.2) is 0 Å². The summed E-state index contributed by atoms with van der Waals surface area (Å²) in [4.78, 5) is 0. The Labute approximate surface area is 73.1 Å². The molecule has 0 rings (SSSR count). The summed E-state index contributed by atoms with van der Waals surface area (Å²) >= 11 is 4.02. The largest absolute Gasteiger partial charge is 0.390 e. The molecule has 0 radical (unpaired) electrons. The number of hydrogen-bond donors (Lipinski definition) is 4. The Morgan fingerprint density at radius 1 is 1.73 bits per heavy atom. The SMILES string of the molecule is CCN[C@@H](C)C(O)C(S)C=N. The van der Waals surface area contributed by atoms with Crippen molar-refractivity contribution in [3.8, 4) is 0 Å². The van der Waals surface area contributed by atoms with Gasteiger partial charge in [-0.1, -0.05) is 6.92 Å². The Balaban J connectivity index is 3.79. The van der Waals surface area contributed by atoms with Crippen LogP contribution in [0.15, 0.2) is 0 Å². The molecule has 0 saturated carbocycles. The van der Waals surface area contributed by atoms with Crippen molar-refractivity contribution < 1.29 is 5.11 Å². The number of rotatable bonds is 5. The van der Waals surface area contributed by atoms with Gasteiger partial charge in [0.25, 0.3) is 0 Å². The maximum Gasteiger partial charge on any atom is 0.0856 e. The maximum atomic E-state index is 9.43. The van der Waals surface area contributed by atoms with Crippen LogP contribution >= 0.6 is 12.6 Å². The van der Waals surface area contributed by atoms with Crippen LogP contribution in [0, 0.1) is 5.41 Å². The van der Waals surface area contributed by atoms with E-state index in [9.17, 15) is 5.11 Å². The van der Waals surface area contributed by atoms with Gasteiger partial charge in [-0.25, -0.2) is 0 Å². The van der Waals surface area contributed by atoms with Gasteiger partial charge >= 0.3 is 0 Å². The monoisotopic (exact) mass is 176 g/mol. The van der Waals surface area contributed by atoms with E-state index in [4.69, 9.17) is 5.41 Å². The fraction of sp³-hybridized carbons (Fsp3) is 0.857. The van der Waals surface area contributed by atoms with E-state index < -0.39 is 6.10 Å². The van der Waals surface area contributed by atoms with E-state index in [1.807, 2.05) is 13.8 Å². The van der Waals surface area contributed by atoms with Crippen molar-refractivity contribution in [3.63, 3.8) is 0 Å². The molecule has 66 valence electrons. The van der Waals surface area contributed by atoms with Gasteiger partial charge in [0.1, 0.15) is 0 Å². The molecule has 0 spiro atoms. The van der Waals surface area contributed by atoms with Crippen molar-refractivity contribution >= 4 is 18.8 Å². The minimum Gasteiger partial charge on any atom is -0.390 e. The van der Waals surface area contributed by atoms with Crippen LogP contribution in [0.5, 0.6) is 0 Å². The number of nitrogens with one attached hydrogen (secondary N) is 2. The van der Waals surface area contributed by atoms with Crippen LogP contribution in [0.1, 0.15) is 13.8 Å². The highest BCUT2D eigenvalue weighted by atomic mass is 32.1. The van der Waals surface area contributed by atoms with E-state index >= 15 is 0 Å². The molecule has 0 fully saturated rings. The maximum absolute atomic E-state index is 9.43. The highest BCUT2D eigenvalue weighted by molar-refractivity contribution is 7.81. The lowest BCUT2D eigenvalue weighted by molar-refractivity contribution is 0.148. The third-order valence-corrected chi connectivity index (χ3v) is 2.01. The summed E-state index contributed by atoms with van der Waals surface area (Å²) in [5, 5.41) is 19.0. The topological polar surface area (TPSA) is 56.1 Å². The third kappa shape index (κ3) is 3.74. The Morgan fingerprint density at radius 2 is 2.27 bits per heavy atom. The predicted octanol–water partition coefficient (Wildman–Crippen LogP) is 0.293. The minimum atomic E-state index is -0.587. The highest BCUT2D eigenvalue weighted by Gasteiger charge is 2.18. The van der Waals surface area contributed by atoms with E-state index in [0.717, 1.165) is 12.8 Å². The lowest BCUT2D eigenvalue weighted by atomic mass is 10.1. The van der Waals surface area contributed by atoms with Crippen molar-refractivity contribution in [2.75, 3.05) is 6.54 Å². The quantitative estimate of drug-likeness (QED) is 0.359. The van der Waals surface area contributed by atoms with Gasteiger partial charge in [-0.15, -0.1) is 0 Å². The first-order valence-corrected chi connectivity index (χ1v) is 4.25. The van der Waals surface area contributed by atoms with E-state index in [1.165, 1.54) is 0 Å². The molecular formula is C7H16N2OS. The molecule has 0 aromatic carbocycles. The van der Waals surface area contributed by atoms with Crippen LogP contribution < -0.4 is 5.32 Å². The summed E-state index contributed by atoms with van der Waals surface area (Å²) in [6.45, 7) is 4.67. The van der Waals surface area contributed by atoms with Crippen LogP contribution in [0.25, 0.3) is 0 Å². The average Bonchev–Trinajstić information content (AvgIpc) is 2.02. The molecule has 2 unspecified atom stereocenters. The second kappa shape index (κ2) is 5.57. The van der Waals surface area contributed by atoms with Crippen molar-refractivity contribution in [3.05, 3.63) is 0 Å². The molecule has 4 heteroatoms. The molecule has 3 atom stereocenters. The predicted molar refractivity (Wildman–Crippen MR) is 50.7 cm³/mol. The smallest absolute Gasteiger partial charge is 0.0856 e. The first-order valence-electron chi connectivity index (χ1n) is 3.73. The van der Waals surface area contributed by atoms with Gasteiger partial charge in [-0.05, 0) is 13.5 Å². The Hall–Kier alpha value is -0.0600. The van der Waals surface area contributed by atoms with E-state index in [0.29, 0.717) is 0 Å². The summed E-state index contributed by atoms with van der Waals surface area (Å²) in [6.07, 6.45) is 0.553. The fourth-order valence-corrected chi connectivity index (χ4v) is 1.10. The molecule has 0 aliphatic carbocycles. The number of likely N-dealkylation sites (N-methyl/N-ethyl adjacent to an activating group) is 1. The molecule has 0 amide bonds. The molecule has 0 aliphatic rings. The minimum absolute atomic E-state index is 0.0101. The standard InChI is InChI=1S/C7H16N2OS/c1-3-9-5(2)7(10)6(11)4-8/h4-11H,3H2,1-2H3/t5-,6?,7?/m0/s1. The fourth-order valence-electron chi connectivity index (χ4n) is 0.837. The molecule has 0 heterocycles. The molecule has 3 N–H and O–H groups in total. The number of aliphatic hydroxyl groups excluding tert-OH is 1. The van der Waals surface area contributed by atoms with Crippen LogP contribution in [-0.2, 0) is 0 Å². The zero-order chi connectivity index (χ0) is 8.85. The first kappa shape index (κ1) is 10.9.